The van der Waals surface area contributed by atoms with Crippen LogP contribution in [0.2, 0.25) is 0 Å². The van der Waals surface area contributed by atoms with E-state index in [0.717, 1.165) is 17.7 Å². The van der Waals surface area contributed by atoms with E-state index in [2.05, 4.69) is 17.2 Å². The predicted molar refractivity (Wildman–Crippen MR) is 110 cm³/mol. The van der Waals surface area contributed by atoms with Gasteiger partial charge in [-0.2, -0.15) is 0 Å². The van der Waals surface area contributed by atoms with Gasteiger partial charge in [0.15, 0.2) is 5.58 Å². The number of amides is 1. The summed E-state index contributed by atoms with van der Waals surface area (Å²) in [6, 6.07) is 22.3. The maximum atomic E-state index is 12.5. The number of ether oxygens (including phenoxy) is 1. The Kier molecular flexibility index (Phi) is 5.06. The molecule has 1 heterocycles. The standard InChI is InChI=1S/C23H20N2O3/c1-2-14-27-19-11-8-16(9-12-19)22(26)24-18-10-13-21-20(15-18)25-23(28-21)17-6-4-3-5-7-17/h3-13,15H,2,14H2,1H3,(H,24,26). The predicted octanol–water partition coefficient (Wildman–Crippen LogP) is 5.54. The largest absolute Gasteiger partial charge is 0.494 e. The minimum atomic E-state index is -0.187. The number of carbonyl (C=O) groups is 1. The van der Waals surface area contributed by atoms with Crippen molar-refractivity contribution in [3.05, 3.63) is 78.4 Å². The van der Waals surface area contributed by atoms with Crippen LogP contribution < -0.4 is 10.1 Å². The van der Waals surface area contributed by atoms with E-state index in [1.54, 1.807) is 30.3 Å². The van der Waals surface area contributed by atoms with Crippen LogP contribution in [0.1, 0.15) is 23.7 Å². The quantitative estimate of drug-likeness (QED) is 0.483. The maximum absolute atomic E-state index is 12.5. The molecule has 0 bridgehead atoms. The van der Waals surface area contributed by atoms with Crippen molar-refractivity contribution in [1.82, 2.24) is 4.98 Å². The third-order valence-electron chi connectivity index (χ3n) is 4.26. The molecule has 0 aliphatic carbocycles. The van der Waals surface area contributed by atoms with Crippen LogP contribution in [0.25, 0.3) is 22.6 Å². The molecule has 140 valence electrons. The number of nitrogens with zero attached hydrogens (tertiary/aromatic N) is 1. The number of nitrogens with one attached hydrogen (secondary N) is 1. The second kappa shape index (κ2) is 7.96. The highest BCUT2D eigenvalue weighted by Crippen LogP contribution is 2.26. The molecule has 0 radical (unpaired) electrons. The van der Waals surface area contributed by atoms with Crippen molar-refractivity contribution in [2.75, 3.05) is 11.9 Å². The molecule has 4 rings (SSSR count). The molecular formula is C23H20N2O3. The van der Waals surface area contributed by atoms with Gasteiger partial charge in [0.25, 0.3) is 5.91 Å². The monoisotopic (exact) mass is 372 g/mol. The summed E-state index contributed by atoms with van der Waals surface area (Å²) >= 11 is 0. The van der Waals surface area contributed by atoms with Gasteiger partial charge in [-0.25, -0.2) is 4.98 Å². The molecule has 0 aliphatic heterocycles. The minimum absolute atomic E-state index is 0.187. The molecule has 1 N–H and O–H groups in total. The van der Waals surface area contributed by atoms with Crippen molar-refractivity contribution >= 4 is 22.7 Å². The first-order chi connectivity index (χ1) is 13.7. The first-order valence-corrected chi connectivity index (χ1v) is 9.23. The van der Waals surface area contributed by atoms with Gasteiger partial charge >= 0.3 is 0 Å². The molecule has 0 unspecified atom stereocenters. The number of rotatable bonds is 6. The zero-order chi connectivity index (χ0) is 19.3. The molecule has 0 saturated carbocycles. The highest BCUT2D eigenvalue weighted by Gasteiger charge is 2.11. The molecule has 0 saturated heterocycles. The van der Waals surface area contributed by atoms with E-state index in [0.29, 0.717) is 34.8 Å². The fourth-order valence-electron chi connectivity index (χ4n) is 2.84. The van der Waals surface area contributed by atoms with Crippen LogP contribution in [0.4, 0.5) is 5.69 Å². The summed E-state index contributed by atoms with van der Waals surface area (Å²) in [5, 5.41) is 2.90. The van der Waals surface area contributed by atoms with Gasteiger partial charge in [0, 0.05) is 16.8 Å². The van der Waals surface area contributed by atoms with Gasteiger partial charge < -0.3 is 14.5 Å². The summed E-state index contributed by atoms with van der Waals surface area (Å²) < 4.78 is 11.4. The van der Waals surface area contributed by atoms with Gasteiger partial charge in [-0.1, -0.05) is 25.1 Å². The number of aromatic nitrogens is 1. The summed E-state index contributed by atoms with van der Waals surface area (Å²) in [4.78, 5) is 17.0. The summed E-state index contributed by atoms with van der Waals surface area (Å²) in [6.45, 7) is 2.71. The number of carbonyl (C=O) groups excluding carboxylic acids is 1. The van der Waals surface area contributed by atoms with Gasteiger partial charge in [-0.15, -0.1) is 0 Å². The highest BCUT2D eigenvalue weighted by atomic mass is 16.5. The van der Waals surface area contributed by atoms with Gasteiger partial charge in [0.05, 0.1) is 6.61 Å². The second-order valence-electron chi connectivity index (χ2n) is 6.39. The molecule has 1 amide bonds. The van der Waals surface area contributed by atoms with Crippen LogP contribution in [0.15, 0.2) is 77.2 Å². The van der Waals surface area contributed by atoms with E-state index in [9.17, 15) is 4.79 Å². The fourth-order valence-corrected chi connectivity index (χ4v) is 2.84. The average Bonchev–Trinajstić information content (AvgIpc) is 3.17. The lowest BCUT2D eigenvalue weighted by Crippen LogP contribution is -2.11. The van der Waals surface area contributed by atoms with Gasteiger partial charge in [0.1, 0.15) is 11.3 Å². The molecular weight excluding hydrogens is 352 g/mol. The van der Waals surface area contributed by atoms with Crippen LogP contribution in [0.3, 0.4) is 0 Å². The Hall–Kier alpha value is -3.60. The Bertz CT molecular complexity index is 1090. The zero-order valence-electron chi connectivity index (χ0n) is 15.5. The maximum Gasteiger partial charge on any atom is 0.255 e. The number of anilines is 1. The molecule has 5 heteroatoms. The molecule has 5 nitrogen and oxygen atoms in total. The molecule has 1 aromatic heterocycles. The zero-order valence-corrected chi connectivity index (χ0v) is 15.5. The lowest BCUT2D eigenvalue weighted by molar-refractivity contribution is 0.102. The fraction of sp³-hybridized carbons (Fsp3) is 0.130. The highest BCUT2D eigenvalue weighted by molar-refractivity contribution is 6.05. The number of fused-ring (bicyclic) bond motifs is 1. The molecule has 0 fully saturated rings. The molecule has 28 heavy (non-hydrogen) atoms. The van der Waals surface area contributed by atoms with Gasteiger partial charge in [0.2, 0.25) is 5.89 Å². The van der Waals surface area contributed by atoms with Crippen molar-refractivity contribution in [3.63, 3.8) is 0 Å². The van der Waals surface area contributed by atoms with Crippen LogP contribution in [-0.2, 0) is 0 Å². The number of benzene rings is 3. The molecule has 0 spiro atoms. The Labute approximate surface area is 163 Å². The first-order valence-electron chi connectivity index (χ1n) is 9.23. The smallest absolute Gasteiger partial charge is 0.255 e. The van der Waals surface area contributed by atoms with Crippen molar-refractivity contribution in [1.29, 1.82) is 0 Å². The van der Waals surface area contributed by atoms with Crippen LogP contribution in [-0.4, -0.2) is 17.5 Å². The van der Waals surface area contributed by atoms with E-state index in [1.807, 2.05) is 42.5 Å². The number of hydrogen-bond donors (Lipinski definition) is 1. The van der Waals surface area contributed by atoms with Crippen molar-refractivity contribution in [3.8, 4) is 17.2 Å². The first kappa shape index (κ1) is 17.8. The van der Waals surface area contributed by atoms with Crippen LogP contribution >= 0.6 is 0 Å². The molecule has 4 aromatic rings. The summed E-state index contributed by atoms with van der Waals surface area (Å²) in [6.07, 6.45) is 0.943. The second-order valence-corrected chi connectivity index (χ2v) is 6.39. The molecule has 0 aliphatic rings. The lowest BCUT2D eigenvalue weighted by atomic mass is 10.2. The third kappa shape index (κ3) is 3.88. The Morgan fingerprint density at radius 3 is 2.57 bits per heavy atom. The summed E-state index contributed by atoms with van der Waals surface area (Å²) in [7, 11) is 0. The normalized spacial score (nSPS) is 10.8. The van der Waals surface area contributed by atoms with Crippen molar-refractivity contribution in [2.24, 2.45) is 0 Å². The summed E-state index contributed by atoms with van der Waals surface area (Å²) in [5.41, 5.74) is 3.51. The van der Waals surface area contributed by atoms with Crippen LogP contribution in [0, 0.1) is 0 Å². The third-order valence-corrected chi connectivity index (χ3v) is 4.26. The van der Waals surface area contributed by atoms with Gasteiger partial charge in [-0.3, -0.25) is 4.79 Å². The Morgan fingerprint density at radius 1 is 1.04 bits per heavy atom. The van der Waals surface area contributed by atoms with Crippen LogP contribution in [0.5, 0.6) is 5.75 Å². The Morgan fingerprint density at radius 2 is 1.82 bits per heavy atom. The van der Waals surface area contributed by atoms with E-state index in [4.69, 9.17) is 9.15 Å². The van der Waals surface area contributed by atoms with E-state index >= 15 is 0 Å². The summed E-state index contributed by atoms with van der Waals surface area (Å²) in [5.74, 6) is 1.13. The SMILES string of the molecule is CCCOc1ccc(C(=O)Nc2ccc3oc(-c4ccccc4)nc3c2)cc1. The average molecular weight is 372 g/mol. The molecule has 0 atom stereocenters. The molecule has 3 aromatic carbocycles. The lowest BCUT2D eigenvalue weighted by Gasteiger charge is -2.07. The van der Waals surface area contributed by atoms with E-state index in [-0.39, 0.29) is 5.91 Å². The minimum Gasteiger partial charge on any atom is -0.494 e. The van der Waals surface area contributed by atoms with Crippen molar-refractivity contribution in [2.45, 2.75) is 13.3 Å². The van der Waals surface area contributed by atoms with Gasteiger partial charge in [-0.05, 0) is 61.0 Å². The Balaban J connectivity index is 1.50. The van der Waals surface area contributed by atoms with E-state index < -0.39 is 0 Å². The number of oxazole rings is 1. The number of hydrogen-bond acceptors (Lipinski definition) is 4. The topological polar surface area (TPSA) is 64.4 Å². The van der Waals surface area contributed by atoms with E-state index in [1.165, 1.54) is 0 Å². The van der Waals surface area contributed by atoms with Crippen molar-refractivity contribution < 1.29 is 13.9 Å².